The summed E-state index contributed by atoms with van der Waals surface area (Å²) in [6.45, 7) is 16.3. The van der Waals surface area contributed by atoms with E-state index >= 15 is 0 Å². The van der Waals surface area contributed by atoms with E-state index < -0.39 is 5.97 Å². The van der Waals surface area contributed by atoms with E-state index in [1.165, 1.54) is 0 Å². The Morgan fingerprint density at radius 3 is 2.44 bits per heavy atom. The highest BCUT2D eigenvalue weighted by Crippen LogP contribution is 2.37. The molecule has 0 aliphatic heterocycles. The maximum absolute atomic E-state index is 13.3. The van der Waals surface area contributed by atoms with Gasteiger partial charge in [0.05, 0.1) is 12.1 Å². The Hall–Kier alpha value is -3.60. The number of fused-ring (bicyclic) bond motifs is 1. The van der Waals surface area contributed by atoms with Crippen molar-refractivity contribution in [3.63, 3.8) is 0 Å². The second-order valence-corrected chi connectivity index (χ2v) is 10.3. The van der Waals surface area contributed by atoms with Crippen molar-refractivity contribution in [2.75, 3.05) is 5.32 Å². The summed E-state index contributed by atoms with van der Waals surface area (Å²) in [5.74, 6) is 1.31. The van der Waals surface area contributed by atoms with Crippen LogP contribution in [0.1, 0.15) is 70.2 Å². The number of nitrogens with zero attached hydrogens (tertiary/aromatic N) is 4. The van der Waals surface area contributed by atoms with Crippen LogP contribution in [0.3, 0.4) is 0 Å². The summed E-state index contributed by atoms with van der Waals surface area (Å²) in [5, 5.41) is 7.52. The van der Waals surface area contributed by atoms with Crippen LogP contribution < -0.4 is 5.32 Å². The first-order valence-corrected chi connectivity index (χ1v) is 12.8. The summed E-state index contributed by atoms with van der Waals surface area (Å²) in [5.41, 5.74) is 2.57. The molecule has 0 spiro atoms. The van der Waals surface area contributed by atoms with Gasteiger partial charge in [-0.1, -0.05) is 34.1 Å². The van der Waals surface area contributed by atoms with Gasteiger partial charge in [0.2, 0.25) is 11.6 Å². The number of unbranched alkanes of at least 4 members (excludes halogenated alkanes) is 1. The van der Waals surface area contributed by atoms with Crippen LogP contribution in [0.25, 0.3) is 21.9 Å². The zero-order chi connectivity index (χ0) is 26.0. The monoisotopic (exact) mass is 489 g/mol. The van der Waals surface area contributed by atoms with Gasteiger partial charge in [-0.3, -0.25) is 13.9 Å². The van der Waals surface area contributed by atoms with Crippen molar-refractivity contribution in [2.24, 2.45) is 24.8 Å². The minimum atomic E-state index is -0.459. The fourth-order valence-corrected chi connectivity index (χ4v) is 5.53. The van der Waals surface area contributed by atoms with Gasteiger partial charge in [0.15, 0.2) is 5.82 Å². The zero-order valence-electron chi connectivity index (χ0n) is 21.7. The number of hydrogen-bond donors (Lipinski definition) is 1. The highest BCUT2D eigenvalue weighted by atomic mass is 16.5. The molecule has 2 unspecified atom stereocenters. The number of esters is 1. The van der Waals surface area contributed by atoms with E-state index in [1.807, 2.05) is 24.3 Å². The first-order chi connectivity index (χ1) is 17.2. The lowest BCUT2D eigenvalue weighted by Crippen LogP contribution is -2.37. The van der Waals surface area contributed by atoms with E-state index in [4.69, 9.17) is 11.3 Å². The number of anilines is 1. The van der Waals surface area contributed by atoms with Crippen LogP contribution in [0.15, 0.2) is 30.5 Å². The summed E-state index contributed by atoms with van der Waals surface area (Å²) in [4.78, 5) is 29.0. The first-order valence-electron chi connectivity index (χ1n) is 12.8. The van der Waals surface area contributed by atoms with Crippen molar-refractivity contribution in [3.8, 4) is 11.4 Å². The number of aromatic nitrogens is 3. The lowest BCUT2D eigenvalue weighted by Gasteiger charge is -2.37. The minimum absolute atomic E-state index is 0.00357. The molecule has 1 fully saturated rings. The molecule has 1 aromatic carbocycles. The fourth-order valence-electron chi connectivity index (χ4n) is 5.53. The quantitative estimate of drug-likeness (QED) is 0.314. The molecule has 0 bridgehead atoms. The van der Waals surface area contributed by atoms with Crippen LogP contribution in [0.5, 0.6) is 0 Å². The Morgan fingerprint density at radius 1 is 1.17 bits per heavy atom. The average molecular weight is 490 g/mol. The molecule has 36 heavy (non-hydrogen) atoms. The Balaban J connectivity index is 1.61. The summed E-state index contributed by atoms with van der Waals surface area (Å²) >= 11 is 0. The van der Waals surface area contributed by atoms with Gasteiger partial charge in [-0.2, -0.15) is 5.10 Å². The molecule has 8 heteroatoms. The van der Waals surface area contributed by atoms with Gasteiger partial charge in [0.25, 0.3) is 0 Å². The van der Waals surface area contributed by atoms with E-state index in [-0.39, 0.29) is 35.1 Å². The van der Waals surface area contributed by atoms with Crippen LogP contribution in [-0.2, 0) is 16.6 Å². The van der Waals surface area contributed by atoms with Crippen molar-refractivity contribution < 1.29 is 14.3 Å². The van der Waals surface area contributed by atoms with E-state index in [0.717, 1.165) is 36.9 Å². The minimum Gasteiger partial charge on any atom is -0.459 e. The van der Waals surface area contributed by atoms with Crippen LogP contribution in [0.4, 0.5) is 11.4 Å². The highest BCUT2D eigenvalue weighted by molar-refractivity contribution is 6.01. The third kappa shape index (κ3) is 5.01. The zero-order valence-corrected chi connectivity index (χ0v) is 21.7. The standard InChI is InChI=1S/C28H35N5O3/c1-7-8-9-23(34)30-21-12-10-20(11-13-21)26-31-32(6)27-24(29-5)22(16-33(26)27)28(35)36-25-18(3)14-17(2)15-19(25)4/h10-13,16-19,25H,7-9,14-15H2,1-4,6H3,(H,30,34). The number of carbonyl (C=O) groups is 2. The molecule has 0 radical (unpaired) electrons. The van der Waals surface area contributed by atoms with E-state index in [9.17, 15) is 9.59 Å². The molecule has 2 heterocycles. The number of ether oxygens (including phenoxy) is 1. The predicted molar refractivity (Wildman–Crippen MR) is 140 cm³/mol. The van der Waals surface area contributed by atoms with Gasteiger partial charge in [0.1, 0.15) is 11.8 Å². The van der Waals surface area contributed by atoms with Gasteiger partial charge in [-0.25, -0.2) is 9.64 Å². The SMILES string of the molecule is [C-]#[N+]c1c(C(=O)OC2C(C)CC(C)CC2C)cn2c(-c3ccc(NC(=O)CCCC)cc3)nn(C)c12. The number of aryl methyl sites for hydroxylation is 1. The molecular weight excluding hydrogens is 454 g/mol. The fraction of sp³-hybridized carbons (Fsp3) is 0.500. The maximum atomic E-state index is 13.3. The van der Waals surface area contributed by atoms with Crippen molar-refractivity contribution in [1.82, 2.24) is 14.2 Å². The van der Waals surface area contributed by atoms with Gasteiger partial charge < -0.3 is 10.1 Å². The predicted octanol–water partition coefficient (Wildman–Crippen LogP) is 6.25. The molecular formula is C28H35N5O3. The van der Waals surface area contributed by atoms with Gasteiger partial charge in [-0.05, 0) is 61.3 Å². The maximum Gasteiger partial charge on any atom is 0.329 e. The smallest absolute Gasteiger partial charge is 0.329 e. The van der Waals surface area contributed by atoms with Crippen LogP contribution in [0.2, 0.25) is 0 Å². The molecule has 1 amide bonds. The Morgan fingerprint density at radius 2 is 1.83 bits per heavy atom. The molecule has 0 saturated heterocycles. The lowest BCUT2D eigenvalue weighted by molar-refractivity contribution is -0.116. The summed E-state index contributed by atoms with van der Waals surface area (Å²) in [7, 11) is 1.76. The van der Waals surface area contributed by atoms with Crippen molar-refractivity contribution in [2.45, 2.75) is 65.9 Å². The molecule has 3 aromatic rings. The lowest BCUT2D eigenvalue weighted by atomic mass is 9.75. The normalized spacial score (nSPS) is 21.8. The number of nitrogens with one attached hydrogen (secondary N) is 1. The molecule has 190 valence electrons. The number of hydrogen-bond acceptors (Lipinski definition) is 4. The molecule has 4 rings (SSSR count). The van der Waals surface area contributed by atoms with Crippen LogP contribution >= 0.6 is 0 Å². The van der Waals surface area contributed by atoms with Crippen molar-refractivity contribution in [3.05, 3.63) is 47.4 Å². The van der Waals surface area contributed by atoms with Crippen LogP contribution in [0, 0.1) is 24.3 Å². The molecule has 8 nitrogen and oxygen atoms in total. The number of amides is 1. The second-order valence-electron chi connectivity index (χ2n) is 10.3. The Bertz CT molecular complexity index is 1290. The first kappa shape index (κ1) is 25.5. The summed E-state index contributed by atoms with van der Waals surface area (Å²) < 4.78 is 9.38. The van der Waals surface area contributed by atoms with Gasteiger partial charge >= 0.3 is 5.97 Å². The third-order valence-corrected chi connectivity index (χ3v) is 7.16. The van der Waals surface area contributed by atoms with Crippen molar-refractivity contribution >= 4 is 28.9 Å². The van der Waals surface area contributed by atoms with E-state index in [0.29, 0.717) is 23.8 Å². The third-order valence-electron chi connectivity index (χ3n) is 7.16. The molecule has 1 N–H and O–H groups in total. The van der Waals surface area contributed by atoms with Gasteiger partial charge in [0, 0.05) is 30.9 Å². The number of carbonyl (C=O) groups excluding carboxylic acids is 2. The van der Waals surface area contributed by atoms with E-state index in [2.05, 4.69) is 43.0 Å². The molecule has 1 aliphatic rings. The molecule has 1 aliphatic carbocycles. The number of benzene rings is 1. The van der Waals surface area contributed by atoms with Crippen molar-refractivity contribution in [1.29, 1.82) is 0 Å². The molecule has 2 atom stereocenters. The Labute approximate surface area is 212 Å². The summed E-state index contributed by atoms with van der Waals surface area (Å²) in [6.07, 6.45) is 5.88. The largest absolute Gasteiger partial charge is 0.459 e. The number of rotatable bonds is 7. The second kappa shape index (κ2) is 10.6. The van der Waals surface area contributed by atoms with E-state index in [1.54, 1.807) is 22.3 Å². The Kier molecular flexibility index (Phi) is 7.48. The van der Waals surface area contributed by atoms with Gasteiger partial charge in [-0.15, -0.1) is 0 Å². The highest BCUT2D eigenvalue weighted by Gasteiger charge is 2.35. The molecule has 1 saturated carbocycles. The summed E-state index contributed by atoms with van der Waals surface area (Å²) in [6, 6.07) is 7.42. The topological polar surface area (TPSA) is 82.0 Å². The molecule has 2 aromatic heterocycles. The average Bonchev–Trinajstić information content (AvgIpc) is 3.38. The van der Waals surface area contributed by atoms with Crippen LogP contribution in [-0.4, -0.2) is 32.2 Å².